The van der Waals surface area contributed by atoms with Gasteiger partial charge in [0.05, 0.1) is 0 Å². The first-order valence-electron chi connectivity index (χ1n) is 12.5. The zero-order chi connectivity index (χ0) is 27.0. The summed E-state index contributed by atoms with van der Waals surface area (Å²) in [6.07, 6.45) is 0. The van der Waals surface area contributed by atoms with E-state index in [2.05, 4.69) is 5.32 Å². The minimum absolute atomic E-state index is 0.0776. The van der Waals surface area contributed by atoms with Gasteiger partial charge >= 0.3 is 0 Å². The Kier molecular flexibility index (Phi) is 8.02. The molecule has 1 aliphatic heterocycles. The molecule has 0 fully saturated rings. The predicted molar refractivity (Wildman–Crippen MR) is 142 cm³/mol. The van der Waals surface area contributed by atoms with Crippen LogP contribution >= 0.6 is 0 Å². The fraction of sp³-hybridized carbons (Fsp3) is 0.161. The summed E-state index contributed by atoms with van der Waals surface area (Å²) in [5.41, 5.74) is 2.13. The van der Waals surface area contributed by atoms with Gasteiger partial charge < -0.3 is 24.4 Å². The third-order valence-electron chi connectivity index (χ3n) is 6.27. The van der Waals surface area contributed by atoms with Crippen LogP contribution in [0.5, 0.6) is 17.2 Å². The average molecular weight is 527 g/mol. The molecule has 2 amide bonds. The summed E-state index contributed by atoms with van der Waals surface area (Å²) in [6, 6.07) is 28.4. The smallest absolute Gasteiger partial charge is 0.261 e. The number of amides is 2. The van der Waals surface area contributed by atoms with Crippen molar-refractivity contribution in [1.82, 2.24) is 10.2 Å². The molecule has 0 spiro atoms. The topological polar surface area (TPSA) is 77.1 Å². The van der Waals surface area contributed by atoms with Gasteiger partial charge in [-0.25, -0.2) is 4.39 Å². The molecular formula is C31H27FN2O5. The van der Waals surface area contributed by atoms with Crippen LogP contribution in [0.4, 0.5) is 4.39 Å². The molecule has 1 N–H and O–H groups in total. The van der Waals surface area contributed by atoms with Crippen LogP contribution in [0.2, 0.25) is 0 Å². The molecule has 7 nitrogen and oxygen atoms in total. The van der Waals surface area contributed by atoms with E-state index in [4.69, 9.17) is 14.2 Å². The van der Waals surface area contributed by atoms with Gasteiger partial charge in [-0.2, -0.15) is 0 Å². The number of rotatable bonds is 10. The number of hydrogen-bond donors (Lipinski definition) is 1. The molecule has 0 saturated heterocycles. The second-order valence-electron chi connectivity index (χ2n) is 8.97. The number of nitrogens with zero attached hydrogens (tertiary/aromatic N) is 1. The first-order valence-corrected chi connectivity index (χ1v) is 12.5. The maximum absolute atomic E-state index is 13.8. The third kappa shape index (κ3) is 6.54. The average Bonchev–Trinajstić information content (AvgIpc) is 3.45. The van der Waals surface area contributed by atoms with Crippen molar-refractivity contribution in [2.45, 2.75) is 19.1 Å². The van der Waals surface area contributed by atoms with Gasteiger partial charge in [0.25, 0.3) is 5.91 Å². The van der Waals surface area contributed by atoms with Gasteiger partial charge in [0, 0.05) is 13.1 Å². The molecule has 1 atom stereocenters. The van der Waals surface area contributed by atoms with Crippen LogP contribution in [0, 0.1) is 5.82 Å². The molecule has 1 aliphatic rings. The lowest BCUT2D eigenvalue weighted by molar-refractivity contribution is -0.143. The number of hydrogen-bond acceptors (Lipinski definition) is 5. The highest BCUT2D eigenvalue weighted by Gasteiger charge is 2.32. The second kappa shape index (κ2) is 12.1. The van der Waals surface area contributed by atoms with Crippen LogP contribution in [0.25, 0.3) is 0 Å². The van der Waals surface area contributed by atoms with Crippen LogP contribution in [-0.2, 0) is 22.7 Å². The van der Waals surface area contributed by atoms with E-state index in [-0.39, 0.29) is 38.2 Å². The van der Waals surface area contributed by atoms with Crippen LogP contribution in [-0.4, -0.2) is 30.1 Å². The SMILES string of the molecule is O=C(NCc1ccc2c(c1)OCO2)[C@@H](c1ccccc1)N(Cc1ccc(F)cc1)C(=O)COc1ccccc1. The Balaban J connectivity index is 1.41. The van der Waals surface area contributed by atoms with Crippen molar-refractivity contribution in [1.29, 1.82) is 0 Å². The molecule has 4 aromatic rings. The summed E-state index contributed by atoms with van der Waals surface area (Å²) in [4.78, 5) is 28.8. The number of carbonyl (C=O) groups is 2. The van der Waals surface area contributed by atoms with Crippen LogP contribution in [0.3, 0.4) is 0 Å². The highest BCUT2D eigenvalue weighted by molar-refractivity contribution is 5.89. The van der Waals surface area contributed by atoms with Gasteiger partial charge in [-0.15, -0.1) is 0 Å². The van der Waals surface area contributed by atoms with E-state index in [1.165, 1.54) is 17.0 Å². The molecule has 8 heteroatoms. The van der Waals surface area contributed by atoms with Gasteiger partial charge in [-0.1, -0.05) is 66.7 Å². The van der Waals surface area contributed by atoms with E-state index < -0.39 is 11.9 Å². The maximum atomic E-state index is 13.8. The van der Waals surface area contributed by atoms with E-state index >= 15 is 0 Å². The molecule has 0 saturated carbocycles. The Hall–Kier alpha value is -4.85. The van der Waals surface area contributed by atoms with Crippen LogP contribution in [0.15, 0.2) is 103 Å². The predicted octanol–water partition coefficient (Wildman–Crippen LogP) is 5.02. The Bertz CT molecular complexity index is 1410. The van der Waals surface area contributed by atoms with E-state index in [1.807, 2.05) is 48.5 Å². The molecule has 0 unspecified atom stereocenters. The van der Waals surface area contributed by atoms with Gasteiger partial charge in [0.15, 0.2) is 18.1 Å². The van der Waals surface area contributed by atoms with Gasteiger partial charge in [-0.05, 0) is 53.1 Å². The number of carbonyl (C=O) groups excluding carboxylic acids is 2. The van der Waals surface area contributed by atoms with E-state index in [9.17, 15) is 14.0 Å². The van der Waals surface area contributed by atoms with Crippen molar-refractivity contribution >= 4 is 11.8 Å². The molecule has 0 aromatic heterocycles. The van der Waals surface area contributed by atoms with Crippen molar-refractivity contribution < 1.29 is 28.2 Å². The monoisotopic (exact) mass is 526 g/mol. The molecule has 39 heavy (non-hydrogen) atoms. The fourth-order valence-corrected chi connectivity index (χ4v) is 4.30. The zero-order valence-corrected chi connectivity index (χ0v) is 21.1. The Labute approximate surface area is 225 Å². The highest BCUT2D eigenvalue weighted by Crippen LogP contribution is 2.32. The molecular weight excluding hydrogens is 499 g/mol. The van der Waals surface area contributed by atoms with E-state index in [0.717, 1.165) is 5.56 Å². The Morgan fingerprint density at radius 1 is 0.846 bits per heavy atom. The quantitative estimate of drug-likeness (QED) is 0.314. The lowest BCUT2D eigenvalue weighted by Gasteiger charge is -2.31. The normalized spacial score (nSPS) is 12.4. The third-order valence-corrected chi connectivity index (χ3v) is 6.27. The summed E-state index contributed by atoms with van der Waals surface area (Å²) < 4.78 is 30.1. The van der Waals surface area contributed by atoms with Crippen molar-refractivity contribution in [3.8, 4) is 17.2 Å². The summed E-state index contributed by atoms with van der Waals surface area (Å²) in [5, 5.41) is 2.96. The van der Waals surface area contributed by atoms with Gasteiger partial charge in [0.2, 0.25) is 12.7 Å². The fourth-order valence-electron chi connectivity index (χ4n) is 4.30. The number of ether oxygens (including phenoxy) is 3. The summed E-state index contributed by atoms with van der Waals surface area (Å²) in [5.74, 6) is 0.666. The van der Waals surface area contributed by atoms with Crippen molar-refractivity contribution in [3.63, 3.8) is 0 Å². The highest BCUT2D eigenvalue weighted by atomic mass is 19.1. The number of halogens is 1. The molecule has 0 aliphatic carbocycles. The van der Waals surface area contributed by atoms with Crippen molar-refractivity contribution in [2.24, 2.45) is 0 Å². The first kappa shape index (κ1) is 25.8. The summed E-state index contributed by atoms with van der Waals surface area (Å²) >= 11 is 0. The number of fused-ring (bicyclic) bond motifs is 1. The summed E-state index contributed by atoms with van der Waals surface area (Å²) in [7, 11) is 0. The number of nitrogens with one attached hydrogen (secondary N) is 1. The molecule has 1 heterocycles. The number of para-hydroxylation sites is 1. The minimum atomic E-state index is -0.961. The Morgan fingerprint density at radius 2 is 1.51 bits per heavy atom. The molecule has 0 bridgehead atoms. The Morgan fingerprint density at radius 3 is 2.26 bits per heavy atom. The van der Waals surface area contributed by atoms with Crippen LogP contribution < -0.4 is 19.5 Å². The van der Waals surface area contributed by atoms with Crippen LogP contribution in [0.1, 0.15) is 22.7 Å². The summed E-state index contributed by atoms with van der Waals surface area (Å²) in [6.45, 7) is 0.183. The molecule has 0 radical (unpaired) electrons. The van der Waals surface area contributed by atoms with Crippen molar-refractivity contribution in [2.75, 3.05) is 13.4 Å². The molecule has 4 aromatic carbocycles. The first-order chi connectivity index (χ1) is 19.1. The lowest BCUT2D eigenvalue weighted by Crippen LogP contribution is -2.45. The zero-order valence-electron chi connectivity index (χ0n) is 21.1. The maximum Gasteiger partial charge on any atom is 0.261 e. The molecule has 198 valence electrons. The van der Waals surface area contributed by atoms with Crippen molar-refractivity contribution in [3.05, 3.63) is 126 Å². The minimum Gasteiger partial charge on any atom is -0.484 e. The molecule has 5 rings (SSSR count). The number of benzene rings is 4. The van der Waals surface area contributed by atoms with E-state index in [1.54, 1.807) is 42.5 Å². The lowest BCUT2D eigenvalue weighted by atomic mass is 10.0. The van der Waals surface area contributed by atoms with Gasteiger partial charge in [-0.3, -0.25) is 9.59 Å². The second-order valence-corrected chi connectivity index (χ2v) is 8.97. The van der Waals surface area contributed by atoms with Gasteiger partial charge in [0.1, 0.15) is 17.6 Å². The largest absolute Gasteiger partial charge is 0.484 e. The standard InChI is InChI=1S/C31H27FN2O5/c32-25-14-11-22(12-15-25)19-34(29(35)20-37-26-9-5-2-6-10-26)30(24-7-3-1-4-8-24)31(36)33-18-23-13-16-27-28(17-23)39-21-38-27/h1-17,30H,18-21H2,(H,33,36)/t30-/m1/s1. The van der Waals surface area contributed by atoms with E-state index in [0.29, 0.717) is 28.4 Å².